The first-order chi connectivity index (χ1) is 20.1. The second kappa shape index (κ2) is 22.8. The molecule has 0 radical (unpaired) electrons. The highest BCUT2D eigenvalue weighted by Crippen LogP contribution is 2.47. The van der Waals surface area contributed by atoms with Crippen molar-refractivity contribution < 1.29 is 58.3 Å². The number of rotatable bonds is 25. The molecule has 0 aromatic rings. The SMILES string of the molecule is CCCCCCCCCCCCCCCCCC(=O)OC[C@H](COP(=O)(O)O[C@H]1[C@H](O)[C@@H](O)[C@H](O)[C@@H](CO)[C@H]1O)OC. The lowest BCUT2D eigenvalue weighted by Crippen LogP contribution is -2.62. The summed E-state index contributed by atoms with van der Waals surface area (Å²) in [6.07, 6.45) is 8.84. The summed E-state index contributed by atoms with van der Waals surface area (Å²) in [6.45, 7) is 0.745. The summed E-state index contributed by atoms with van der Waals surface area (Å²) in [4.78, 5) is 22.1. The number of phosphoric ester groups is 1. The van der Waals surface area contributed by atoms with E-state index >= 15 is 0 Å². The molecule has 0 bridgehead atoms. The van der Waals surface area contributed by atoms with Gasteiger partial charge < -0.3 is 39.9 Å². The molecule has 0 spiro atoms. The first-order valence-electron chi connectivity index (χ1n) is 15.7. The van der Waals surface area contributed by atoms with Crippen molar-refractivity contribution in [1.29, 1.82) is 0 Å². The van der Waals surface area contributed by atoms with Gasteiger partial charge in [-0.1, -0.05) is 96.8 Å². The number of methoxy groups -OCH3 is 1. The predicted molar refractivity (Wildman–Crippen MR) is 157 cm³/mol. The summed E-state index contributed by atoms with van der Waals surface area (Å²) in [5.41, 5.74) is 0. The van der Waals surface area contributed by atoms with E-state index in [-0.39, 0.29) is 13.0 Å². The summed E-state index contributed by atoms with van der Waals surface area (Å²) in [5.74, 6) is -1.73. The molecule has 0 aromatic carbocycles. The van der Waals surface area contributed by atoms with Crippen LogP contribution in [0, 0.1) is 5.92 Å². The van der Waals surface area contributed by atoms with E-state index in [0.29, 0.717) is 6.42 Å². The van der Waals surface area contributed by atoms with Crippen molar-refractivity contribution in [3.8, 4) is 0 Å². The smallest absolute Gasteiger partial charge is 0.463 e. The number of carbonyl (C=O) groups is 1. The van der Waals surface area contributed by atoms with Gasteiger partial charge in [-0.2, -0.15) is 0 Å². The molecule has 1 unspecified atom stereocenters. The standard InChI is InChI=1S/C29H57O12P/c1-3-4-5-6-7-8-9-10-11-12-13-14-15-16-17-18-24(31)39-20-22(38-2)21-40-42(36,37)41-29-26(33)23(19-30)25(32)27(34)28(29)35/h22-23,25-30,32-35H,3-21H2,1-2H3,(H,36,37)/t22-,23-,25-,26-,27+,28-,29-/m1/s1. The molecule has 1 aliphatic rings. The summed E-state index contributed by atoms with van der Waals surface area (Å²) >= 11 is 0. The van der Waals surface area contributed by atoms with E-state index in [2.05, 4.69) is 6.92 Å². The molecule has 0 aliphatic heterocycles. The minimum absolute atomic E-state index is 0.222. The lowest BCUT2D eigenvalue weighted by molar-refractivity contribution is -0.206. The van der Waals surface area contributed by atoms with Crippen LogP contribution in [0.2, 0.25) is 0 Å². The first kappa shape index (κ1) is 39.4. The van der Waals surface area contributed by atoms with Crippen LogP contribution in [0.25, 0.3) is 0 Å². The summed E-state index contributed by atoms with van der Waals surface area (Å²) in [5, 5.41) is 49.4. The van der Waals surface area contributed by atoms with Gasteiger partial charge in [0.25, 0.3) is 0 Å². The number of esters is 1. The van der Waals surface area contributed by atoms with E-state index in [9.17, 15) is 39.8 Å². The van der Waals surface area contributed by atoms with Crippen LogP contribution in [0.3, 0.4) is 0 Å². The van der Waals surface area contributed by atoms with Crippen LogP contribution < -0.4 is 0 Å². The molecule has 6 N–H and O–H groups in total. The van der Waals surface area contributed by atoms with Gasteiger partial charge in [0.15, 0.2) is 0 Å². The maximum Gasteiger partial charge on any atom is 0.472 e. The zero-order valence-electron chi connectivity index (χ0n) is 25.6. The Hall–Kier alpha value is -0.660. The lowest BCUT2D eigenvalue weighted by atomic mass is 9.79. The fourth-order valence-corrected chi connectivity index (χ4v) is 6.06. The van der Waals surface area contributed by atoms with Gasteiger partial charge in [0.1, 0.15) is 31.0 Å². The second-order valence-electron chi connectivity index (χ2n) is 11.4. The molecule has 42 heavy (non-hydrogen) atoms. The van der Waals surface area contributed by atoms with Crippen LogP contribution in [-0.2, 0) is 27.9 Å². The van der Waals surface area contributed by atoms with Crippen molar-refractivity contribution in [2.45, 2.75) is 146 Å². The van der Waals surface area contributed by atoms with Crippen LogP contribution in [0.15, 0.2) is 0 Å². The van der Waals surface area contributed by atoms with E-state index in [1.807, 2.05) is 0 Å². The van der Waals surface area contributed by atoms with Gasteiger partial charge in [0.05, 0.1) is 25.4 Å². The molecule has 0 aromatic heterocycles. The second-order valence-corrected chi connectivity index (χ2v) is 12.8. The Morgan fingerprint density at radius 3 is 1.71 bits per heavy atom. The molecular formula is C29H57O12P. The van der Waals surface area contributed by atoms with E-state index in [0.717, 1.165) is 19.3 Å². The first-order valence-corrected chi connectivity index (χ1v) is 17.2. The van der Waals surface area contributed by atoms with E-state index in [1.54, 1.807) is 0 Å². The van der Waals surface area contributed by atoms with Crippen molar-refractivity contribution in [3.05, 3.63) is 0 Å². The third-order valence-corrected chi connectivity index (χ3v) is 8.87. The van der Waals surface area contributed by atoms with Gasteiger partial charge in [-0.3, -0.25) is 13.8 Å². The summed E-state index contributed by atoms with van der Waals surface area (Å²) in [6, 6.07) is 0. The van der Waals surface area contributed by atoms with Crippen LogP contribution in [0.4, 0.5) is 0 Å². The largest absolute Gasteiger partial charge is 0.472 e. The Morgan fingerprint density at radius 2 is 1.24 bits per heavy atom. The van der Waals surface area contributed by atoms with Gasteiger partial charge in [-0.15, -0.1) is 0 Å². The van der Waals surface area contributed by atoms with Crippen molar-refractivity contribution in [2.75, 3.05) is 26.9 Å². The molecule has 8 atom stereocenters. The Kier molecular flexibility index (Phi) is 21.4. The average molecular weight is 629 g/mol. The molecule has 1 aliphatic carbocycles. The molecule has 250 valence electrons. The third-order valence-electron chi connectivity index (χ3n) is 7.89. The quantitative estimate of drug-likeness (QED) is 0.0491. The highest BCUT2D eigenvalue weighted by atomic mass is 31.2. The number of ether oxygens (including phenoxy) is 2. The maximum absolute atomic E-state index is 12.4. The summed E-state index contributed by atoms with van der Waals surface area (Å²) in [7, 11) is -3.59. The van der Waals surface area contributed by atoms with Crippen LogP contribution >= 0.6 is 7.82 Å². The topological polar surface area (TPSA) is 192 Å². The number of hydrogen-bond donors (Lipinski definition) is 6. The van der Waals surface area contributed by atoms with Crippen molar-refractivity contribution >= 4 is 13.8 Å². The number of aliphatic hydroxyl groups excluding tert-OH is 5. The molecule has 1 fully saturated rings. The fourth-order valence-electron chi connectivity index (χ4n) is 5.08. The van der Waals surface area contributed by atoms with E-state index in [1.165, 1.54) is 77.7 Å². The number of hydrogen-bond acceptors (Lipinski definition) is 11. The molecule has 1 saturated carbocycles. The molecule has 12 nitrogen and oxygen atoms in total. The van der Waals surface area contributed by atoms with Gasteiger partial charge in [-0.25, -0.2) is 4.57 Å². The zero-order valence-corrected chi connectivity index (χ0v) is 26.5. The Balaban J connectivity index is 2.16. The normalized spacial score (nSPS) is 26.6. The third kappa shape index (κ3) is 15.9. The molecular weight excluding hydrogens is 571 g/mol. The van der Waals surface area contributed by atoms with E-state index in [4.69, 9.17) is 18.5 Å². The molecule has 0 saturated heterocycles. The van der Waals surface area contributed by atoms with Crippen molar-refractivity contribution in [1.82, 2.24) is 0 Å². The van der Waals surface area contributed by atoms with Crippen molar-refractivity contribution in [3.63, 3.8) is 0 Å². The highest BCUT2D eigenvalue weighted by Gasteiger charge is 2.51. The molecule has 1 rings (SSSR count). The van der Waals surface area contributed by atoms with Crippen LogP contribution in [-0.4, -0.2) is 99.9 Å². The molecule has 0 amide bonds. The number of carbonyl (C=O) groups excluding carboxylic acids is 1. The fraction of sp³-hybridized carbons (Fsp3) is 0.966. The minimum Gasteiger partial charge on any atom is -0.463 e. The maximum atomic E-state index is 12.4. The van der Waals surface area contributed by atoms with Crippen LogP contribution in [0.1, 0.15) is 110 Å². The zero-order chi connectivity index (χ0) is 31.4. The Bertz CT molecular complexity index is 741. The number of phosphoric acid groups is 1. The number of aliphatic hydroxyl groups is 5. The monoisotopic (exact) mass is 628 g/mol. The van der Waals surface area contributed by atoms with Gasteiger partial charge in [0, 0.05) is 19.4 Å². The Labute approximate surface area is 251 Å². The average Bonchev–Trinajstić information content (AvgIpc) is 2.96. The minimum atomic E-state index is -4.89. The van der Waals surface area contributed by atoms with Gasteiger partial charge in [-0.05, 0) is 6.42 Å². The van der Waals surface area contributed by atoms with Gasteiger partial charge >= 0.3 is 13.8 Å². The van der Waals surface area contributed by atoms with Gasteiger partial charge in [0.2, 0.25) is 0 Å². The predicted octanol–water partition coefficient (Wildman–Crippen LogP) is 3.37. The molecule has 13 heteroatoms. The molecule has 0 heterocycles. The highest BCUT2D eigenvalue weighted by molar-refractivity contribution is 7.47. The summed E-state index contributed by atoms with van der Waals surface area (Å²) < 4.78 is 32.5. The van der Waals surface area contributed by atoms with Crippen molar-refractivity contribution in [2.24, 2.45) is 5.92 Å². The van der Waals surface area contributed by atoms with E-state index < -0.39 is 69.5 Å². The Morgan fingerprint density at radius 1 is 0.738 bits per heavy atom. The number of unbranched alkanes of at least 4 members (excludes halogenated alkanes) is 14. The lowest BCUT2D eigenvalue weighted by Gasteiger charge is -2.43. The van der Waals surface area contributed by atoms with Crippen LogP contribution in [0.5, 0.6) is 0 Å².